The molecule has 1 aliphatic rings. The van der Waals surface area contributed by atoms with E-state index in [2.05, 4.69) is 85.6 Å². The Morgan fingerprint density at radius 2 is 1.78 bits per heavy atom. The number of pyridine rings is 1. The van der Waals surface area contributed by atoms with Crippen LogP contribution in [0.4, 0.5) is 0 Å². The molecule has 182 valence electrons. The average molecular weight is 478 g/mol. The molecule has 7 nitrogen and oxygen atoms in total. The van der Waals surface area contributed by atoms with Crippen LogP contribution in [0.5, 0.6) is 0 Å². The molecular formula is C29H31N7. The molecule has 1 aliphatic heterocycles. The first-order valence-electron chi connectivity index (χ1n) is 12.1. The molecule has 4 aromatic rings. The van der Waals surface area contributed by atoms with Gasteiger partial charge in [0.25, 0.3) is 0 Å². The first kappa shape index (κ1) is 23.5. The van der Waals surface area contributed by atoms with Gasteiger partial charge in [0.05, 0.1) is 11.0 Å². The van der Waals surface area contributed by atoms with Crippen molar-refractivity contribution in [1.82, 2.24) is 35.1 Å². The zero-order valence-corrected chi connectivity index (χ0v) is 20.8. The zero-order chi connectivity index (χ0) is 25.1. The number of aromatic nitrogens is 4. The number of aromatic amines is 1. The van der Waals surface area contributed by atoms with Gasteiger partial charge in [-0.3, -0.25) is 9.97 Å². The van der Waals surface area contributed by atoms with E-state index < -0.39 is 0 Å². The van der Waals surface area contributed by atoms with Crippen molar-refractivity contribution in [1.29, 1.82) is 0 Å². The largest absolute Gasteiger partial charge is 0.369 e. The Hall–Kier alpha value is -4.23. The summed E-state index contributed by atoms with van der Waals surface area (Å²) >= 11 is 0. The average Bonchev–Trinajstić information content (AvgIpc) is 3.34. The Morgan fingerprint density at radius 1 is 1.00 bits per heavy atom. The molecule has 0 amide bonds. The molecule has 0 unspecified atom stereocenters. The molecule has 1 fully saturated rings. The van der Waals surface area contributed by atoms with Gasteiger partial charge in [-0.05, 0) is 49.9 Å². The summed E-state index contributed by atoms with van der Waals surface area (Å²) in [6.45, 7) is 14.7. The molecule has 0 atom stereocenters. The van der Waals surface area contributed by atoms with Gasteiger partial charge in [0, 0.05) is 84.6 Å². The predicted octanol–water partition coefficient (Wildman–Crippen LogP) is 4.95. The van der Waals surface area contributed by atoms with Crippen LogP contribution in [0, 0.1) is 0 Å². The molecule has 7 heteroatoms. The Labute approximate surface area is 211 Å². The highest BCUT2D eigenvalue weighted by molar-refractivity contribution is 5.96. The third-order valence-corrected chi connectivity index (χ3v) is 6.63. The van der Waals surface area contributed by atoms with E-state index in [9.17, 15) is 0 Å². The Kier molecular flexibility index (Phi) is 6.64. The van der Waals surface area contributed by atoms with Crippen molar-refractivity contribution in [2.75, 3.05) is 33.2 Å². The highest BCUT2D eigenvalue weighted by Gasteiger charge is 2.14. The zero-order valence-electron chi connectivity index (χ0n) is 20.8. The lowest BCUT2D eigenvalue weighted by atomic mass is 10.0. The second-order valence-electron chi connectivity index (χ2n) is 9.04. The molecule has 3 aromatic heterocycles. The minimum absolute atomic E-state index is 0.781. The summed E-state index contributed by atoms with van der Waals surface area (Å²) in [6.07, 6.45) is 13.4. The van der Waals surface area contributed by atoms with Crippen LogP contribution in [-0.2, 0) is 0 Å². The second kappa shape index (κ2) is 10.2. The number of allylic oxidation sites excluding steroid dienone is 3. The van der Waals surface area contributed by atoms with Crippen molar-refractivity contribution >= 4 is 27.8 Å². The van der Waals surface area contributed by atoms with E-state index in [0.717, 1.165) is 82.0 Å². The summed E-state index contributed by atoms with van der Waals surface area (Å²) in [5.74, 6) is 0. The van der Waals surface area contributed by atoms with E-state index in [-0.39, 0.29) is 0 Å². The van der Waals surface area contributed by atoms with Gasteiger partial charge in [-0.15, -0.1) is 0 Å². The van der Waals surface area contributed by atoms with Gasteiger partial charge < -0.3 is 20.1 Å². The fourth-order valence-electron chi connectivity index (χ4n) is 4.38. The number of fused-ring (bicyclic) bond motifs is 2. The number of hydrogen-bond acceptors (Lipinski definition) is 6. The van der Waals surface area contributed by atoms with Gasteiger partial charge in [0.1, 0.15) is 5.65 Å². The maximum atomic E-state index is 4.64. The topological polar surface area (TPSA) is 73.0 Å². The second-order valence-corrected chi connectivity index (χ2v) is 9.04. The lowest BCUT2D eigenvalue weighted by Gasteiger charge is -2.34. The molecule has 0 aliphatic carbocycles. The number of likely N-dealkylation sites (N-methyl/N-ethyl adjacent to an activating group) is 1. The predicted molar refractivity (Wildman–Crippen MR) is 148 cm³/mol. The van der Waals surface area contributed by atoms with E-state index in [0.29, 0.717) is 0 Å². The van der Waals surface area contributed by atoms with Crippen molar-refractivity contribution in [3.63, 3.8) is 0 Å². The number of nitrogens with zero attached hydrogens (tertiary/aromatic N) is 5. The van der Waals surface area contributed by atoms with Crippen LogP contribution < -0.4 is 5.32 Å². The molecule has 36 heavy (non-hydrogen) atoms. The molecule has 4 heterocycles. The molecule has 1 aromatic carbocycles. The Balaban J connectivity index is 1.33. The molecular weight excluding hydrogens is 446 g/mol. The smallest absolute Gasteiger partial charge is 0.137 e. The summed E-state index contributed by atoms with van der Waals surface area (Å²) in [7, 11) is 2.16. The number of piperazine rings is 1. The normalized spacial score (nSPS) is 15.2. The molecule has 0 radical (unpaired) electrons. The van der Waals surface area contributed by atoms with E-state index in [4.69, 9.17) is 0 Å². The SMILES string of the molecule is C=C(NC(/C=C\C(=C)N1CCN(C)CC1)=C/C)c1cnc2[nH]cc(-c3ccc4nccnc4c3)c2c1. The van der Waals surface area contributed by atoms with Crippen LogP contribution in [-0.4, -0.2) is 63.0 Å². The van der Waals surface area contributed by atoms with Crippen LogP contribution in [0.1, 0.15) is 12.5 Å². The summed E-state index contributed by atoms with van der Waals surface area (Å²) in [5, 5.41) is 4.46. The number of H-pyrrole nitrogens is 1. The van der Waals surface area contributed by atoms with Gasteiger partial charge in [-0.2, -0.15) is 0 Å². The molecule has 1 saturated heterocycles. The van der Waals surface area contributed by atoms with Gasteiger partial charge >= 0.3 is 0 Å². The highest BCUT2D eigenvalue weighted by atomic mass is 15.2. The minimum Gasteiger partial charge on any atom is -0.369 e. The summed E-state index contributed by atoms with van der Waals surface area (Å²) in [4.78, 5) is 21.4. The lowest BCUT2D eigenvalue weighted by molar-refractivity contribution is 0.190. The third-order valence-electron chi connectivity index (χ3n) is 6.63. The molecule has 0 spiro atoms. The first-order chi connectivity index (χ1) is 17.5. The van der Waals surface area contributed by atoms with Gasteiger partial charge in [-0.1, -0.05) is 25.3 Å². The van der Waals surface area contributed by atoms with Crippen LogP contribution in [0.15, 0.2) is 91.8 Å². The molecule has 2 N–H and O–H groups in total. The maximum absolute atomic E-state index is 4.64. The van der Waals surface area contributed by atoms with E-state index in [1.165, 1.54) is 0 Å². The van der Waals surface area contributed by atoms with Crippen molar-refractivity contribution in [2.24, 2.45) is 0 Å². The minimum atomic E-state index is 0.781. The van der Waals surface area contributed by atoms with Crippen LogP contribution in [0.25, 0.3) is 38.9 Å². The molecule has 0 bridgehead atoms. The van der Waals surface area contributed by atoms with Gasteiger partial charge in [-0.25, -0.2) is 4.98 Å². The van der Waals surface area contributed by atoms with Crippen molar-refractivity contribution in [2.45, 2.75) is 6.92 Å². The summed E-state index contributed by atoms with van der Waals surface area (Å²) in [5.41, 5.74) is 8.38. The van der Waals surface area contributed by atoms with Crippen LogP contribution in [0.2, 0.25) is 0 Å². The maximum Gasteiger partial charge on any atom is 0.137 e. The summed E-state index contributed by atoms with van der Waals surface area (Å²) < 4.78 is 0. The lowest BCUT2D eigenvalue weighted by Crippen LogP contribution is -2.43. The quantitative estimate of drug-likeness (QED) is 0.367. The Morgan fingerprint density at radius 3 is 2.56 bits per heavy atom. The van der Waals surface area contributed by atoms with Crippen molar-refractivity contribution in [3.05, 3.63) is 97.4 Å². The number of benzene rings is 1. The molecule has 5 rings (SSSR count). The highest BCUT2D eigenvalue weighted by Crippen LogP contribution is 2.30. The third kappa shape index (κ3) is 4.92. The molecule has 0 saturated carbocycles. The standard InChI is InChI=1S/C29H31N7/c1-5-24(8-6-20(2)36-14-12-35(4)13-15-36)34-21(3)23-16-25-26(19-33-29(25)32-18-23)22-7-9-27-28(17-22)31-11-10-30-27/h5-11,16-19,34H,2-3,12-15H2,1,4H3,(H,32,33)/b8-6-,24-5+. The number of hydrogen-bond donors (Lipinski definition) is 2. The van der Waals surface area contributed by atoms with E-state index in [1.807, 2.05) is 31.5 Å². The fourth-order valence-corrected chi connectivity index (χ4v) is 4.38. The van der Waals surface area contributed by atoms with E-state index >= 15 is 0 Å². The Bertz CT molecular complexity index is 1490. The van der Waals surface area contributed by atoms with Gasteiger partial charge in [0.2, 0.25) is 0 Å². The van der Waals surface area contributed by atoms with Crippen molar-refractivity contribution < 1.29 is 0 Å². The first-order valence-corrected chi connectivity index (χ1v) is 12.1. The van der Waals surface area contributed by atoms with Gasteiger partial charge in [0.15, 0.2) is 0 Å². The summed E-state index contributed by atoms with van der Waals surface area (Å²) in [6, 6.07) is 8.23. The van der Waals surface area contributed by atoms with Crippen molar-refractivity contribution in [3.8, 4) is 11.1 Å². The van der Waals surface area contributed by atoms with Crippen LogP contribution in [0.3, 0.4) is 0 Å². The monoisotopic (exact) mass is 477 g/mol. The number of nitrogens with one attached hydrogen (secondary N) is 2. The van der Waals surface area contributed by atoms with Crippen LogP contribution >= 0.6 is 0 Å². The fraction of sp³-hybridized carbons (Fsp3) is 0.207. The number of rotatable bonds is 7. The van der Waals surface area contributed by atoms with E-state index in [1.54, 1.807) is 12.4 Å².